The van der Waals surface area contributed by atoms with Crippen LogP contribution < -0.4 is 0 Å². The first kappa shape index (κ1) is 12.5. The molecule has 13 heavy (non-hydrogen) atoms. The second-order valence-corrected chi connectivity index (χ2v) is 2.99. The van der Waals surface area contributed by atoms with Gasteiger partial charge in [-0.15, -0.1) is 0 Å². The lowest BCUT2D eigenvalue weighted by atomic mass is 10.0. The molecule has 0 atom stereocenters. The van der Waals surface area contributed by atoms with Crippen molar-refractivity contribution < 1.29 is 25.2 Å². The Morgan fingerprint density at radius 3 is 2.08 bits per heavy atom. The Morgan fingerprint density at radius 1 is 1.15 bits per heavy atom. The molecule has 0 saturated heterocycles. The van der Waals surface area contributed by atoms with Crippen molar-refractivity contribution in [2.45, 2.75) is 25.6 Å². The van der Waals surface area contributed by atoms with Crippen LogP contribution in [0.3, 0.4) is 0 Å². The first-order valence-electron chi connectivity index (χ1n) is 4.19. The molecule has 0 aliphatic rings. The molecule has 0 unspecified atom stereocenters. The van der Waals surface area contributed by atoms with E-state index < -0.39 is 12.2 Å². The van der Waals surface area contributed by atoms with Gasteiger partial charge in [-0.05, 0) is 0 Å². The Bertz CT molecular complexity index is 141. The number of ketones is 1. The number of rotatable bonds is 7. The minimum Gasteiger partial charge on any atom is -0.396 e. The maximum absolute atomic E-state index is 11.0. The van der Waals surface area contributed by atoms with Crippen molar-refractivity contribution in [3.8, 4) is 0 Å². The van der Waals surface area contributed by atoms with Gasteiger partial charge in [0.05, 0.1) is 0 Å². The number of hydrogen-bond donors (Lipinski definition) is 4. The first-order valence-corrected chi connectivity index (χ1v) is 4.19. The lowest BCUT2D eigenvalue weighted by Gasteiger charge is -2.09. The van der Waals surface area contributed by atoms with E-state index in [-0.39, 0.29) is 38.3 Å². The van der Waals surface area contributed by atoms with Gasteiger partial charge in [0.15, 0.2) is 6.29 Å². The summed E-state index contributed by atoms with van der Waals surface area (Å²) in [5.41, 5.74) is 0. The fourth-order valence-corrected chi connectivity index (χ4v) is 0.901. The van der Waals surface area contributed by atoms with Gasteiger partial charge in [-0.1, -0.05) is 0 Å². The van der Waals surface area contributed by atoms with Crippen LogP contribution in [0.5, 0.6) is 0 Å². The molecule has 0 bridgehead atoms. The number of Topliss-reactive ketones (excluding diaryl/α,β-unsaturated/α-hetero) is 1. The van der Waals surface area contributed by atoms with Gasteiger partial charge in [0.1, 0.15) is 5.78 Å². The Labute approximate surface area is 76.6 Å². The molecule has 0 heterocycles. The fourth-order valence-electron chi connectivity index (χ4n) is 0.901. The highest BCUT2D eigenvalue weighted by atomic mass is 16.5. The molecule has 0 radical (unpaired) electrons. The lowest BCUT2D eigenvalue weighted by molar-refractivity contribution is -0.123. The van der Waals surface area contributed by atoms with E-state index in [0.29, 0.717) is 0 Å². The van der Waals surface area contributed by atoms with Gasteiger partial charge in [-0.25, -0.2) is 0 Å². The van der Waals surface area contributed by atoms with Crippen molar-refractivity contribution in [2.24, 2.45) is 5.92 Å². The molecule has 0 aliphatic heterocycles. The largest absolute Gasteiger partial charge is 0.396 e. The quantitative estimate of drug-likeness (QED) is 0.373. The molecular weight excluding hydrogens is 176 g/mol. The van der Waals surface area contributed by atoms with Gasteiger partial charge in [0, 0.05) is 38.4 Å². The summed E-state index contributed by atoms with van der Waals surface area (Å²) >= 11 is 0. The third-order valence-corrected chi connectivity index (χ3v) is 1.71. The van der Waals surface area contributed by atoms with Crippen LogP contribution in [0.2, 0.25) is 0 Å². The van der Waals surface area contributed by atoms with Crippen LogP contribution in [0.25, 0.3) is 0 Å². The average Bonchev–Trinajstić information content (AvgIpc) is 2.10. The van der Waals surface area contributed by atoms with Crippen molar-refractivity contribution in [3.05, 3.63) is 0 Å². The smallest absolute Gasteiger partial charge is 0.151 e. The highest BCUT2D eigenvalue weighted by molar-refractivity contribution is 5.78. The Hall–Kier alpha value is -0.490. The highest BCUT2D eigenvalue weighted by Crippen LogP contribution is 2.06. The molecule has 0 fully saturated rings. The number of aliphatic hydroxyl groups is 4. The van der Waals surface area contributed by atoms with E-state index in [1.807, 2.05) is 0 Å². The van der Waals surface area contributed by atoms with E-state index in [9.17, 15) is 4.79 Å². The van der Waals surface area contributed by atoms with Gasteiger partial charge < -0.3 is 20.4 Å². The first-order chi connectivity index (χ1) is 6.10. The van der Waals surface area contributed by atoms with Gasteiger partial charge in [-0.3, -0.25) is 4.79 Å². The van der Waals surface area contributed by atoms with Crippen molar-refractivity contribution in [1.82, 2.24) is 0 Å². The van der Waals surface area contributed by atoms with E-state index >= 15 is 0 Å². The van der Waals surface area contributed by atoms with Crippen molar-refractivity contribution >= 4 is 5.78 Å². The number of carbonyl (C=O) groups is 1. The molecule has 0 amide bonds. The van der Waals surface area contributed by atoms with Crippen LogP contribution >= 0.6 is 0 Å². The zero-order chi connectivity index (χ0) is 10.3. The zero-order valence-corrected chi connectivity index (χ0v) is 7.39. The van der Waals surface area contributed by atoms with Crippen molar-refractivity contribution in [2.75, 3.05) is 13.2 Å². The fraction of sp³-hybridized carbons (Fsp3) is 0.875. The third-order valence-electron chi connectivity index (χ3n) is 1.71. The summed E-state index contributed by atoms with van der Waals surface area (Å²) < 4.78 is 0. The van der Waals surface area contributed by atoms with Gasteiger partial charge in [0.25, 0.3) is 0 Å². The molecule has 4 N–H and O–H groups in total. The summed E-state index contributed by atoms with van der Waals surface area (Å²) in [5.74, 6) is -0.607. The predicted octanol–water partition coefficient (Wildman–Crippen LogP) is -1.36. The summed E-state index contributed by atoms with van der Waals surface area (Å²) in [6.45, 7) is -0.464. The maximum atomic E-state index is 11.0. The zero-order valence-electron chi connectivity index (χ0n) is 7.39. The minimum atomic E-state index is -1.47. The van der Waals surface area contributed by atoms with E-state index in [0.717, 1.165) is 0 Å². The molecule has 0 spiro atoms. The number of aliphatic hydroxyl groups excluding tert-OH is 3. The van der Waals surface area contributed by atoms with Gasteiger partial charge in [0.2, 0.25) is 0 Å². The Kier molecular flexibility index (Phi) is 6.70. The second kappa shape index (κ2) is 6.97. The average molecular weight is 192 g/mol. The molecule has 0 aromatic heterocycles. The summed E-state index contributed by atoms with van der Waals surface area (Å²) in [6, 6.07) is 0. The van der Waals surface area contributed by atoms with Crippen LogP contribution in [0.4, 0.5) is 0 Å². The van der Waals surface area contributed by atoms with E-state index in [2.05, 4.69) is 0 Å². The maximum Gasteiger partial charge on any atom is 0.151 e. The van der Waals surface area contributed by atoms with Gasteiger partial charge >= 0.3 is 0 Å². The van der Waals surface area contributed by atoms with E-state index in [1.54, 1.807) is 0 Å². The van der Waals surface area contributed by atoms with Gasteiger partial charge in [-0.2, -0.15) is 0 Å². The molecule has 0 aliphatic carbocycles. The van der Waals surface area contributed by atoms with Crippen molar-refractivity contribution in [1.29, 1.82) is 0 Å². The highest BCUT2D eigenvalue weighted by Gasteiger charge is 2.12. The lowest BCUT2D eigenvalue weighted by Crippen LogP contribution is -2.17. The van der Waals surface area contributed by atoms with Crippen molar-refractivity contribution in [3.63, 3.8) is 0 Å². The molecule has 0 rings (SSSR count). The number of hydrogen-bond acceptors (Lipinski definition) is 5. The monoisotopic (exact) mass is 192 g/mol. The summed E-state index contributed by atoms with van der Waals surface area (Å²) in [4.78, 5) is 11.0. The molecule has 78 valence electrons. The second-order valence-electron chi connectivity index (χ2n) is 2.99. The molecule has 0 aromatic rings. The molecule has 5 nitrogen and oxygen atoms in total. The molecule has 0 aromatic carbocycles. The standard InChI is InChI=1S/C8H16O5/c9-4-6(5-10)3-7(11)1-2-8(12)13/h6,8-10,12-13H,1-5H2. The molecular formula is C8H16O5. The van der Waals surface area contributed by atoms with Crippen LogP contribution in [-0.2, 0) is 4.79 Å². The minimum absolute atomic E-state index is 0.00239. The Balaban J connectivity index is 3.60. The van der Waals surface area contributed by atoms with E-state index in [4.69, 9.17) is 20.4 Å². The SMILES string of the molecule is O=C(CCC(O)O)CC(CO)CO. The summed E-state index contributed by atoms with van der Waals surface area (Å²) in [6.07, 6.45) is -1.32. The predicted molar refractivity (Wildman–Crippen MR) is 44.7 cm³/mol. The van der Waals surface area contributed by atoms with E-state index in [1.165, 1.54) is 0 Å². The van der Waals surface area contributed by atoms with Crippen LogP contribution in [0.15, 0.2) is 0 Å². The van der Waals surface area contributed by atoms with Crippen LogP contribution in [0.1, 0.15) is 19.3 Å². The van der Waals surface area contributed by atoms with Crippen LogP contribution in [-0.4, -0.2) is 45.7 Å². The normalized spacial score (nSPS) is 11.2. The number of carbonyl (C=O) groups excluding carboxylic acids is 1. The summed E-state index contributed by atoms with van der Waals surface area (Å²) in [5, 5.41) is 34.2. The summed E-state index contributed by atoms with van der Waals surface area (Å²) in [7, 11) is 0. The van der Waals surface area contributed by atoms with Crippen LogP contribution in [0, 0.1) is 5.92 Å². The topological polar surface area (TPSA) is 98.0 Å². The molecule has 5 heteroatoms. The molecule has 0 saturated carbocycles. The Morgan fingerprint density at radius 2 is 1.69 bits per heavy atom. The third kappa shape index (κ3) is 6.65.